The Labute approximate surface area is 116 Å². The largest absolute Gasteiger partial charge is 0.381 e. The van der Waals surface area contributed by atoms with Gasteiger partial charge in [0.2, 0.25) is 0 Å². The number of imidazole rings is 1. The Bertz CT molecular complexity index is 357. The summed E-state index contributed by atoms with van der Waals surface area (Å²) < 4.78 is 5.84. The van der Waals surface area contributed by atoms with Gasteiger partial charge in [0.05, 0.1) is 18.6 Å². The molecule has 3 heteroatoms. The number of aromatic nitrogens is 2. The molecule has 2 aliphatic carbocycles. The van der Waals surface area contributed by atoms with Crippen molar-refractivity contribution in [3.05, 3.63) is 18.2 Å². The van der Waals surface area contributed by atoms with Crippen molar-refractivity contribution in [2.45, 2.75) is 57.3 Å². The molecule has 3 nitrogen and oxygen atoms in total. The van der Waals surface area contributed by atoms with Crippen LogP contribution in [0.25, 0.3) is 0 Å². The molecule has 19 heavy (non-hydrogen) atoms. The smallest absolute Gasteiger partial charge is 0.0923 e. The van der Waals surface area contributed by atoms with Crippen LogP contribution >= 0.6 is 0 Å². The highest BCUT2D eigenvalue weighted by molar-refractivity contribution is 5.14. The van der Waals surface area contributed by atoms with E-state index in [4.69, 9.17) is 4.74 Å². The zero-order valence-electron chi connectivity index (χ0n) is 11.8. The van der Waals surface area contributed by atoms with Gasteiger partial charge in [0.25, 0.3) is 0 Å². The molecule has 0 aliphatic heterocycles. The van der Waals surface area contributed by atoms with Gasteiger partial charge in [-0.05, 0) is 31.1 Å². The molecule has 3 rings (SSSR count). The minimum absolute atomic E-state index is 0.657. The van der Waals surface area contributed by atoms with Crippen molar-refractivity contribution in [2.24, 2.45) is 11.8 Å². The van der Waals surface area contributed by atoms with Gasteiger partial charge in [-0.2, -0.15) is 0 Å². The first kappa shape index (κ1) is 13.2. The highest BCUT2D eigenvalue weighted by Crippen LogP contribution is 2.46. The van der Waals surface area contributed by atoms with Crippen molar-refractivity contribution in [2.75, 3.05) is 13.2 Å². The second-order valence-corrected chi connectivity index (χ2v) is 6.32. The zero-order valence-corrected chi connectivity index (χ0v) is 11.8. The van der Waals surface area contributed by atoms with Crippen LogP contribution in [0.1, 0.15) is 63.0 Å². The molecule has 0 spiro atoms. The van der Waals surface area contributed by atoms with E-state index in [9.17, 15) is 0 Å². The van der Waals surface area contributed by atoms with E-state index >= 15 is 0 Å². The minimum Gasteiger partial charge on any atom is -0.381 e. The average Bonchev–Trinajstić information content (AvgIpc) is 3.01. The van der Waals surface area contributed by atoms with Gasteiger partial charge in [-0.1, -0.05) is 32.1 Å². The topological polar surface area (TPSA) is 37.9 Å². The highest BCUT2D eigenvalue weighted by atomic mass is 16.5. The third-order valence-corrected chi connectivity index (χ3v) is 4.78. The summed E-state index contributed by atoms with van der Waals surface area (Å²) in [7, 11) is 0. The first-order valence-electron chi connectivity index (χ1n) is 8.00. The van der Waals surface area contributed by atoms with E-state index in [1.165, 1.54) is 57.1 Å². The van der Waals surface area contributed by atoms with Crippen molar-refractivity contribution in [3.8, 4) is 0 Å². The lowest BCUT2D eigenvalue weighted by Gasteiger charge is -2.21. The van der Waals surface area contributed by atoms with Gasteiger partial charge in [-0.3, -0.25) is 0 Å². The number of aromatic amines is 1. The van der Waals surface area contributed by atoms with E-state index in [1.54, 1.807) is 6.33 Å². The van der Waals surface area contributed by atoms with Crippen LogP contribution in [0.5, 0.6) is 0 Å². The summed E-state index contributed by atoms with van der Waals surface area (Å²) in [6.45, 7) is 1.89. The van der Waals surface area contributed by atoms with E-state index in [0.717, 1.165) is 25.0 Å². The average molecular weight is 262 g/mol. The number of hydrogen-bond acceptors (Lipinski definition) is 2. The summed E-state index contributed by atoms with van der Waals surface area (Å²) in [4.78, 5) is 7.36. The van der Waals surface area contributed by atoms with E-state index in [0.29, 0.717) is 5.92 Å². The molecule has 0 amide bonds. The molecule has 0 aromatic carbocycles. The molecule has 106 valence electrons. The Balaban J connectivity index is 1.22. The molecule has 1 N–H and O–H groups in total. The van der Waals surface area contributed by atoms with Gasteiger partial charge in [0.1, 0.15) is 0 Å². The van der Waals surface area contributed by atoms with Crippen LogP contribution in [0.2, 0.25) is 0 Å². The van der Waals surface area contributed by atoms with Gasteiger partial charge in [-0.15, -0.1) is 0 Å². The zero-order chi connectivity index (χ0) is 12.9. The Hall–Kier alpha value is -0.830. The maximum atomic E-state index is 5.84. The molecular formula is C16H26N2O. The molecule has 1 aromatic rings. The van der Waals surface area contributed by atoms with Crippen LogP contribution in [0, 0.1) is 11.8 Å². The minimum atomic E-state index is 0.657. The van der Waals surface area contributed by atoms with Gasteiger partial charge in [-0.25, -0.2) is 4.98 Å². The second kappa shape index (κ2) is 6.56. The van der Waals surface area contributed by atoms with Crippen molar-refractivity contribution in [1.29, 1.82) is 0 Å². The summed E-state index contributed by atoms with van der Waals surface area (Å²) >= 11 is 0. The molecular weight excluding hydrogens is 236 g/mol. The van der Waals surface area contributed by atoms with Crippen LogP contribution in [-0.2, 0) is 4.74 Å². The van der Waals surface area contributed by atoms with Crippen LogP contribution < -0.4 is 0 Å². The van der Waals surface area contributed by atoms with E-state index in [2.05, 4.69) is 9.97 Å². The summed E-state index contributed by atoms with van der Waals surface area (Å²) in [6, 6.07) is 0. The molecule has 2 aliphatic rings. The Morgan fingerprint density at radius 2 is 2.16 bits per heavy atom. The van der Waals surface area contributed by atoms with Gasteiger partial charge >= 0.3 is 0 Å². The first-order valence-corrected chi connectivity index (χ1v) is 8.00. The van der Waals surface area contributed by atoms with Crippen molar-refractivity contribution >= 4 is 0 Å². The van der Waals surface area contributed by atoms with Crippen molar-refractivity contribution in [3.63, 3.8) is 0 Å². The maximum Gasteiger partial charge on any atom is 0.0923 e. The van der Waals surface area contributed by atoms with Gasteiger partial charge in [0, 0.05) is 18.7 Å². The quantitative estimate of drug-likeness (QED) is 0.757. The Morgan fingerprint density at radius 3 is 2.95 bits per heavy atom. The SMILES string of the molecule is c1nc([C@@H]2C[C@H]2COCCCC2CCCCC2)c[nH]1. The van der Waals surface area contributed by atoms with Crippen LogP contribution in [-0.4, -0.2) is 23.2 Å². The fraction of sp³-hybridized carbons (Fsp3) is 0.812. The third kappa shape index (κ3) is 3.82. The molecule has 0 unspecified atom stereocenters. The first-order chi connectivity index (χ1) is 9.43. The van der Waals surface area contributed by atoms with Crippen molar-refractivity contribution < 1.29 is 4.74 Å². The monoisotopic (exact) mass is 262 g/mol. The number of nitrogens with zero attached hydrogens (tertiary/aromatic N) is 1. The third-order valence-electron chi connectivity index (χ3n) is 4.78. The van der Waals surface area contributed by atoms with Crippen molar-refractivity contribution in [1.82, 2.24) is 9.97 Å². The Morgan fingerprint density at radius 1 is 1.26 bits per heavy atom. The molecule has 2 fully saturated rings. The molecule has 1 aromatic heterocycles. The summed E-state index contributed by atoms with van der Waals surface area (Å²) in [5, 5.41) is 0. The predicted molar refractivity (Wildman–Crippen MR) is 76.1 cm³/mol. The second-order valence-electron chi connectivity index (χ2n) is 6.32. The predicted octanol–water partition coefficient (Wildman–Crippen LogP) is 3.89. The highest BCUT2D eigenvalue weighted by Gasteiger charge is 2.39. The summed E-state index contributed by atoms with van der Waals surface area (Å²) in [6.07, 6.45) is 15.0. The lowest BCUT2D eigenvalue weighted by atomic mass is 9.86. The molecule has 0 radical (unpaired) electrons. The fourth-order valence-electron chi connectivity index (χ4n) is 3.45. The molecule has 2 saturated carbocycles. The fourth-order valence-corrected chi connectivity index (χ4v) is 3.45. The lowest BCUT2D eigenvalue weighted by Crippen LogP contribution is -2.08. The number of nitrogens with one attached hydrogen (secondary N) is 1. The van der Waals surface area contributed by atoms with Crippen LogP contribution in [0.15, 0.2) is 12.5 Å². The number of H-pyrrole nitrogens is 1. The molecule has 0 saturated heterocycles. The number of rotatable bonds is 7. The van der Waals surface area contributed by atoms with E-state index in [1.807, 2.05) is 6.20 Å². The molecule has 0 bridgehead atoms. The van der Waals surface area contributed by atoms with Crippen LogP contribution in [0.3, 0.4) is 0 Å². The molecule has 1 heterocycles. The van der Waals surface area contributed by atoms with Gasteiger partial charge < -0.3 is 9.72 Å². The van der Waals surface area contributed by atoms with E-state index in [-0.39, 0.29) is 0 Å². The standard InChI is InChI=1S/C16H26N2O/c1-2-5-13(6-3-1)7-4-8-19-11-14-9-15(14)16-10-17-12-18-16/h10,12-15H,1-9,11H2,(H,17,18)/t14-,15+/m0/s1. The Kier molecular flexibility index (Phi) is 4.54. The number of hydrogen-bond donors (Lipinski definition) is 1. The lowest BCUT2D eigenvalue weighted by molar-refractivity contribution is 0.114. The van der Waals surface area contributed by atoms with E-state index < -0.39 is 0 Å². The maximum absolute atomic E-state index is 5.84. The van der Waals surface area contributed by atoms with Gasteiger partial charge in [0.15, 0.2) is 0 Å². The molecule has 2 atom stereocenters. The summed E-state index contributed by atoms with van der Waals surface area (Å²) in [5.41, 5.74) is 1.22. The number of ether oxygens (including phenoxy) is 1. The normalized spacial score (nSPS) is 27.6. The summed E-state index contributed by atoms with van der Waals surface area (Å²) in [5.74, 6) is 2.37. The van der Waals surface area contributed by atoms with Crippen LogP contribution in [0.4, 0.5) is 0 Å².